The number of aromatic carboxylic acids is 1. The van der Waals surface area contributed by atoms with Crippen LogP contribution in [0.1, 0.15) is 126 Å². The molecule has 0 aliphatic heterocycles. The Kier molecular flexibility index (Phi) is 10.1. The van der Waals surface area contributed by atoms with Crippen LogP contribution < -0.4 is 0 Å². The van der Waals surface area contributed by atoms with Crippen molar-refractivity contribution in [2.45, 2.75) is 98.1 Å². The summed E-state index contributed by atoms with van der Waals surface area (Å²) in [6.45, 7) is 12.5. The van der Waals surface area contributed by atoms with E-state index in [4.69, 9.17) is 0 Å². The Morgan fingerprint density at radius 2 is 1.12 bits per heavy atom. The van der Waals surface area contributed by atoms with Crippen LogP contribution in [-0.2, 0) is 25.9 Å². The summed E-state index contributed by atoms with van der Waals surface area (Å²) in [7, 11) is 0. The van der Waals surface area contributed by atoms with Crippen molar-refractivity contribution in [2.24, 2.45) is 11.8 Å². The smallest absolute Gasteiger partial charge is 0.337 e. The van der Waals surface area contributed by atoms with Gasteiger partial charge in [-0.2, -0.15) is 0 Å². The van der Waals surface area contributed by atoms with Gasteiger partial charge >= 0.3 is 5.97 Å². The number of rotatable bonds is 12. The second-order valence-corrected chi connectivity index (χ2v) is 15.8. The van der Waals surface area contributed by atoms with Crippen LogP contribution in [0.25, 0.3) is 21.8 Å². The number of fused-ring (bicyclic) bond motifs is 2. The molecule has 4 heterocycles. The number of carbonyl (C=O) groups is 2. The predicted molar refractivity (Wildman–Crippen MR) is 209 cm³/mol. The maximum absolute atomic E-state index is 12.2. The number of carboxylic acid groups (broad SMARTS) is 1. The summed E-state index contributed by atoms with van der Waals surface area (Å²) in [5.41, 5.74) is 9.70. The van der Waals surface area contributed by atoms with Crippen LogP contribution in [0.3, 0.4) is 0 Å². The zero-order valence-electron chi connectivity index (χ0n) is 31.1. The van der Waals surface area contributed by atoms with E-state index in [1.54, 1.807) is 6.92 Å². The van der Waals surface area contributed by atoms with Gasteiger partial charge in [0.2, 0.25) is 0 Å². The first-order valence-electron chi connectivity index (χ1n) is 18.9. The van der Waals surface area contributed by atoms with Gasteiger partial charge in [-0.1, -0.05) is 52.0 Å². The van der Waals surface area contributed by atoms with Crippen LogP contribution in [0.2, 0.25) is 0 Å². The van der Waals surface area contributed by atoms with Gasteiger partial charge in [-0.05, 0) is 126 Å². The molecule has 6 aromatic rings. The highest BCUT2D eigenvalue weighted by Gasteiger charge is 2.27. The highest BCUT2D eigenvalue weighted by molar-refractivity contribution is 5.95. The van der Waals surface area contributed by atoms with Gasteiger partial charge in [-0.3, -0.25) is 14.8 Å². The van der Waals surface area contributed by atoms with Crippen LogP contribution >= 0.6 is 0 Å². The molecule has 268 valence electrons. The van der Waals surface area contributed by atoms with E-state index in [-0.39, 0.29) is 5.78 Å². The fraction of sp³-hybridized carbons (Fsp3) is 0.378. The van der Waals surface area contributed by atoms with Crippen LogP contribution in [-0.4, -0.2) is 36.0 Å². The van der Waals surface area contributed by atoms with E-state index in [1.165, 1.54) is 45.8 Å². The second kappa shape index (κ2) is 14.9. The molecule has 2 aliphatic carbocycles. The normalized spacial score (nSPS) is 14.3. The molecule has 7 heteroatoms. The summed E-state index contributed by atoms with van der Waals surface area (Å²) in [4.78, 5) is 33.0. The van der Waals surface area contributed by atoms with Gasteiger partial charge in [0, 0.05) is 67.3 Å². The number of carbonyl (C=O) groups excluding carboxylic acids is 1. The van der Waals surface area contributed by atoms with Crippen molar-refractivity contribution in [2.75, 3.05) is 0 Å². The van der Waals surface area contributed by atoms with Crippen molar-refractivity contribution in [3.63, 3.8) is 0 Å². The van der Waals surface area contributed by atoms with Gasteiger partial charge in [0.1, 0.15) is 0 Å². The molecule has 0 amide bonds. The number of carboxylic acids is 1. The molecule has 52 heavy (non-hydrogen) atoms. The standard InChI is InChI=1S/C23H26N2O.C22H24N2O2/c1-15(2)14-25-9-8-19-5-4-17(11-23(19)25)10-22-21(16(3)26)12-20(13-24-22)18-6-7-18;1-14(2)13-24-8-7-17-4-3-15(10-21(17)24)9-20-19(22(25)26)11-18(12-23-20)16-5-6-16/h4-5,8-9,11-13,15,18H,6-7,10,14H2,1-3H3;3-4,7-8,10-12,14,16H,5-6,9,13H2,1-2H3,(H,25,26). The fourth-order valence-corrected chi connectivity index (χ4v) is 7.24. The average molecular weight is 695 g/mol. The number of ketones is 1. The molecular weight excluding hydrogens is 645 g/mol. The molecular formula is C45H50N4O3. The van der Waals surface area contributed by atoms with Gasteiger partial charge in [0.25, 0.3) is 0 Å². The molecule has 2 aromatic carbocycles. The molecule has 0 unspecified atom stereocenters. The molecule has 0 atom stereocenters. The predicted octanol–water partition coefficient (Wildman–Crippen LogP) is 10.2. The van der Waals surface area contributed by atoms with Gasteiger partial charge in [-0.25, -0.2) is 4.79 Å². The zero-order valence-corrected chi connectivity index (χ0v) is 31.1. The van der Waals surface area contributed by atoms with Crippen molar-refractivity contribution in [3.05, 3.63) is 130 Å². The van der Waals surface area contributed by atoms with E-state index in [9.17, 15) is 14.7 Å². The third kappa shape index (κ3) is 8.20. The van der Waals surface area contributed by atoms with E-state index in [0.717, 1.165) is 48.3 Å². The molecule has 2 fully saturated rings. The van der Waals surface area contributed by atoms with Crippen molar-refractivity contribution in [1.29, 1.82) is 0 Å². The number of nitrogens with zero attached hydrogens (tertiary/aromatic N) is 4. The molecule has 2 aliphatic rings. The van der Waals surface area contributed by atoms with Gasteiger partial charge in [-0.15, -0.1) is 0 Å². The number of benzene rings is 2. The Morgan fingerprint density at radius 1 is 0.673 bits per heavy atom. The average Bonchev–Trinajstić information content (AvgIpc) is 4.05. The van der Waals surface area contributed by atoms with Crippen LogP contribution in [0.5, 0.6) is 0 Å². The second-order valence-electron chi connectivity index (χ2n) is 15.8. The Balaban J connectivity index is 0.000000162. The minimum absolute atomic E-state index is 0.110. The maximum atomic E-state index is 12.2. The first-order valence-corrected chi connectivity index (χ1v) is 18.9. The highest BCUT2D eigenvalue weighted by Crippen LogP contribution is 2.41. The molecule has 1 N–H and O–H groups in total. The van der Waals surface area contributed by atoms with E-state index in [2.05, 4.69) is 114 Å². The molecule has 0 bridgehead atoms. The Bertz CT molecular complexity index is 2090. The van der Waals surface area contributed by atoms with Crippen molar-refractivity contribution >= 4 is 33.6 Å². The summed E-state index contributed by atoms with van der Waals surface area (Å²) in [5, 5.41) is 12.1. The third-order valence-electron chi connectivity index (χ3n) is 10.2. The number of hydrogen-bond acceptors (Lipinski definition) is 4. The Morgan fingerprint density at radius 3 is 1.52 bits per heavy atom. The molecule has 2 saturated carbocycles. The number of Topliss-reactive ketones (excluding diaryl/α,β-unsaturated/α-hetero) is 1. The summed E-state index contributed by atoms with van der Waals surface area (Å²) < 4.78 is 4.59. The van der Waals surface area contributed by atoms with Crippen molar-refractivity contribution < 1.29 is 14.7 Å². The molecule has 0 spiro atoms. The Labute approximate surface area is 306 Å². The highest BCUT2D eigenvalue weighted by atomic mass is 16.4. The van der Waals surface area contributed by atoms with Crippen molar-refractivity contribution in [1.82, 2.24) is 19.1 Å². The van der Waals surface area contributed by atoms with Gasteiger partial charge < -0.3 is 14.2 Å². The number of hydrogen-bond donors (Lipinski definition) is 1. The monoisotopic (exact) mass is 694 g/mol. The van der Waals surface area contributed by atoms with Gasteiger partial charge in [0.05, 0.1) is 17.0 Å². The largest absolute Gasteiger partial charge is 0.478 e. The summed E-state index contributed by atoms with van der Waals surface area (Å²) in [6.07, 6.45) is 14.1. The number of pyridine rings is 2. The minimum atomic E-state index is -0.890. The minimum Gasteiger partial charge on any atom is -0.478 e. The SMILES string of the molecule is CC(=O)c1cc(C2CC2)cnc1Cc1ccc2ccn(CC(C)C)c2c1.CC(C)Cn1ccc2ccc(Cc3ncc(C4CC4)cc3C(=O)O)cc21. The van der Waals surface area contributed by atoms with Gasteiger partial charge in [0.15, 0.2) is 5.78 Å². The van der Waals surface area contributed by atoms with Crippen LogP contribution in [0, 0.1) is 11.8 Å². The van der Waals surface area contributed by atoms with E-state index >= 15 is 0 Å². The fourth-order valence-electron chi connectivity index (χ4n) is 7.24. The molecule has 8 rings (SSSR count). The van der Waals surface area contributed by atoms with E-state index < -0.39 is 5.97 Å². The molecule has 4 aromatic heterocycles. The molecule has 7 nitrogen and oxygen atoms in total. The third-order valence-corrected chi connectivity index (χ3v) is 10.2. The summed E-state index contributed by atoms with van der Waals surface area (Å²) in [5.74, 6) is 1.52. The topological polar surface area (TPSA) is 90.0 Å². The number of aromatic nitrogens is 4. The summed E-state index contributed by atoms with van der Waals surface area (Å²) in [6, 6.07) is 21.1. The lowest BCUT2D eigenvalue weighted by Gasteiger charge is -2.11. The van der Waals surface area contributed by atoms with Crippen LogP contribution in [0.4, 0.5) is 0 Å². The first kappa shape index (κ1) is 35.4. The first-order chi connectivity index (χ1) is 25.0. The van der Waals surface area contributed by atoms with E-state index in [0.29, 0.717) is 47.8 Å². The van der Waals surface area contributed by atoms with Crippen LogP contribution in [0.15, 0.2) is 85.5 Å². The molecule has 0 saturated heterocycles. The quantitative estimate of drug-likeness (QED) is 0.129. The summed E-state index contributed by atoms with van der Waals surface area (Å²) >= 11 is 0. The lowest BCUT2D eigenvalue weighted by molar-refractivity contribution is 0.0695. The lowest BCUT2D eigenvalue weighted by atomic mass is 9.99. The maximum Gasteiger partial charge on any atom is 0.337 e. The van der Waals surface area contributed by atoms with E-state index in [1.807, 2.05) is 18.5 Å². The Hall–Kier alpha value is -5.04. The lowest BCUT2D eigenvalue weighted by Crippen LogP contribution is -2.07. The van der Waals surface area contributed by atoms with Crippen molar-refractivity contribution in [3.8, 4) is 0 Å². The molecule has 0 radical (unpaired) electrons. The zero-order chi connectivity index (χ0) is 36.5.